The lowest BCUT2D eigenvalue weighted by Crippen LogP contribution is -2.53. The molecular formula is C21H25N5. The van der Waals surface area contributed by atoms with Crippen molar-refractivity contribution < 1.29 is 0 Å². The number of likely N-dealkylation sites (tertiary alicyclic amines) is 1. The molecule has 0 spiro atoms. The van der Waals surface area contributed by atoms with Crippen molar-refractivity contribution in [1.82, 2.24) is 14.9 Å². The topological polar surface area (TPSA) is 56.1 Å². The second-order valence-electron chi connectivity index (χ2n) is 7.23. The molecule has 2 aliphatic rings. The Bertz CT molecular complexity index is 756. The highest BCUT2D eigenvalue weighted by Crippen LogP contribution is 2.27. The van der Waals surface area contributed by atoms with Gasteiger partial charge in [0.15, 0.2) is 0 Å². The summed E-state index contributed by atoms with van der Waals surface area (Å²) in [5.41, 5.74) is 2.70. The van der Waals surface area contributed by atoms with Crippen molar-refractivity contribution in [2.24, 2.45) is 0 Å². The zero-order valence-corrected chi connectivity index (χ0v) is 15.1. The van der Waals surface area contributed by atoms with Gasteiger partial charge in [0.1, 0.15) is 0 Å². The Kier molecular flexibility index (Phi) is 5.12. The summed E-state index contributed by atoms with van der Waals surface area (Å²) in [4.78, 5) is 14.4. The van der Waals surface area contributed by atoms with Crippen molar-refractivity contribution in [2.45, 2.75) is 44.7 Å². The van der Waals surface area contributed by atoms with E-state index in [0.717, 1.165) is 23.6 Å². The number of nitrogens with zero attached hydrogens (tertiary/aromatic N) is 5. The summed E-state index contributed by atoms with van der Waals surface area (Å²) in [6.07, 6.45) is 12.0. The average Bonchev–Trinajstić information content (AvgIpc) is 2.75. The highest BCUT2D eigenvalue weighted by molar-refractivity contribution is 5.63. The Morgan fingerprint density at radius 1 is 0.846 bits per heavy atom. The molecule has 2 aliphatic heterocycles. The molecule has 2 saturated heterocycles. The molecule has 4 rings (SSSR count). The van der Waals surface area contributed by atoms with Crippen LogP contribution in [0.5, 0.6) is 0 Å². The maximum atomic E-state index is 8.93. The number of piperidine rings is 2. The number of nitriles is 1. The fourth-order valence-corrected chi connectivity index (χ4v) is 4.10. The SMILES string of the molecule is N#Cc1ccc(-c2cnc(N3CCCCC3N3CCCCC3)nc2)cc1. The van der Waals surface area contributed by atoms with Crippen LogP contribution in [-0.4, -0.2) is 40.7 Å². The van der Waals surface area contributed by atoms with Crippen molar-refractivity contribution in [2.75, 3.05) is 24.5 Å². The molecule has 0 N–H and O–H groups in total. The fraction of sp³-hybridized carbons (Fsp3) is 0.476. The quantitative estimate of drug-likeness (QED) is 0.845. The van der Waals surface area contributed by atoms with E-state index in [1.54, 1.807) is 0 Å². The van der Waals surface area contributed by atoms with Gasteiger partial charge in [-0.3, -0.25) is 4.90 Å². The third-order valence-corrected chi connectivity index (χ3v) is 5.53. The molecule has 2 aromatic rings. The minimum absolute atomic E-state index is 0.449. The van der Waals surface area contributed by atoms with Gasteiger partial charge >= 0.3 is 0 Å². The molecule has 5 nitrogen and oxygen atoms in total. The van der Waals surface area contributed by atoms with Crippen LogP contribution in [0.3, 0.4) is 0 Å². The molecule has 1 unspecified atom stereocenters. The maximum Gasteiger partial charge on any atom is 0.226 e. The standard InChI is InChI=1S/C21H25N5/c22-14-17-7-9-18(10-8-17)19-15-23-21(24-16-19)26-13-5-2-6-20(26)25-11-3-1-4-12-25/h7-10,15-16,20H,1-6,11-13H2. The first-order valence-corrected chi connectivity index (χ1v) is 9.68. The number of hydrogen-bond acceptors (Lipinski definition) is 5. The van der Waals surface area contributed by atoms with Crippen LogP contribution in [0.1, 0.15) is 44.1 Å². The van der Waals surface area contributed by atoms with Gasteiger partial charge in [0.2, 0.25) is 5.95 Å². The number of benzene rings is 1. The second kappa shape index (κ2) is 7.84. The van der Waals surface area contributed by atoms with E-state index in [2.05, 4.69) is 25.8 Å². The van der Waals surface area contributed by atoms with Gasteiger partial charge in [0.25, 0.3) is 0 Å². The molecular weight excluding hydrogens is 322 g/mol. The molecule has 134 valence electrons. The Morgan fingerprint density at radius 2 is 1.54 bits per heavy atom. The lowest BCUT2D eigenvalue weighted by atomic mass is 10.0. The van der Waals surface area contributed by atoms with Gasteiger partial charge in [0, 0.05) is 37.6 Å². The van der Waals surface area contributed by atoms with Gasteiger partial charge in [-0.2, -0.15) is 5.26 Å². The van der Waals surface area contributed by atoms with Crippen LogP contribution < -0.4 is 4.90 Å². The zero-order chi connectivity index (χ0) is 17.8. The molecule has 5 heteroatoms. The van der Waals surface area contributed by atoms with Crippen LogP contribution in [0.4, 0.5) is 5.95 Å². The normalized spacial score (nSPS) is 21.3. The number of rotatable bonds is 3. The maximum absolute atomic E-state index is 8.93. The smallest absolute Gasteiger partial charge is 0.226 e. The predicted octanol–water partition coefficient (Wildman–Crippen LogP) is 3.82. The van der Waals surface area contributed by atoms with Crippen LogP contribution >= 0.6 is 0 Å². The van der Waals surface area contributed by atoms with Crippen molar-refractivity contribution >= 4 is 5.95 Å². The van der Waals surface area contributed by atoms with E-state index in [9.17, 15) is 0 Å². The molecule has 1 atom stereocenters. The minimum Gasteiger partial charge on any atom is -0.325 e. The highest BCUT2D eigenvalue weighted by atomic mass is 15.4. The molecule has 0 radical (unpaired) electrons. The molecule has 0 aliphatic carbocycles. The Hall–Kier alpha value is -2.45. The van der Waals surface area contributed by atoms with Crippen molar-refractivity contribution in [1.29, 1.82) is 5.26 Å². The van der Waals surface area contributed by atoms with E-state index in [0.29, 0.717) is 11.7 Å². The van der Waals surface area contributed by atoms with E-state index in [-0.39, 0.29) is 0 Å². The first-order chi connectivity index (χ1) is 12.8. The number of hydrogen-bond donors (Lipinski definition) is 0. The molecule has 0 amide bonds. The molecule has 1 aromatic carbocycles. The Labute approximate surface area is 155 Å². The molecule has 26 heavy (non-hydrogen) atoms. The Morgan fingerprint density at radius 3 is 2.23 bits per heavy atom. The van der Waals surface area contributed by atoms with Crippen LogP contribution in [-0.2, 0) is 0 Å². The second-order valence-corrected chi connectivity index (χ2v) is 7.23. The fourth-order valence-electron chi connectivity index (χ4n) is 4.10. The van der Waals surface area contributed by atoms with E-state index in [1.165, 1.54) is 51.6 Å². The summed E-state index contributed by atoms with van der Waals surface area (Å²) in [5.74, 6) is 0.845. The lowest BCUT2D eigenvalue weighted by Gasteiger charge is -2.44. The highest BCUT2D eigenvalue weighted by Gasteiger charge is 2.30. The Balaban J connectivity index is 1.53. The summed E-state index contributed by atoms with van der Waals surface area (Å²) < 4.78 is 0. The first-order valence-electron chi connectivity index (χ1n) is 9.68. The van der Waals surface area contributed by atoms with Crippen LogP contribution in [0, 0.1) is 11.3 Å². The zero-order valence-electron chi connectivity index (χ0n) is 15.1. The third kappa shape index (κ3) is 3.56. The van der Waals surface area contributed by atoms with Crippen LogP contribution in [0.25, 0.3) is 11.1 Å². The minimum atomic E-state index is 0.449. The van der Waals surface area contributed by atoms with Crippen molar-refractivity contribution in [3.05, 3.63) is 42.2 Å². The largest absolute Gasteiger partial charge is 0.325 e. The van der Waals surface area contributed by atoms with Gasteiger partial charge in [0.05, 0.1) is 17.8 Å². The van der Waals surface area contributed by atoms with Gasteiger partial charge in [-0.1, -0.05) is 18.6 Å². The molecule has 0 bridgehead atoms. The molecule has 0 saturated carbocycles. The van der Waals surface area contributed by atoms with Gasteiger partial charge < -0.3 is 4.90 Å². The van der Waals surface area contributed by atoms with E-state index < -0.39 is 0 Å². The number of anilines is 1. The number of aromatic nitrogens is 2. The summed E-state index contributed by atoms with van der Waals surface area (Å²) in [7, 11) is 0. The lowest BCUT2D eigenvalue weighted by molar-refractivity contribution is 0.136. The first kappa shape index (κ1) is 17.0. The van der Waals surface area contributed by atoms with Gasteiger partial charge in [-0.15, -0.1) is 0 Å². The van der Waals surface area contributed by atoms with E-state index >= 15 is 0 Å². The summed E-state index contributed by atoms with van der Waals surface area (Å²) in [6, 6.07) is 9.72. The van der Waals surface area contributed by atoms with Crippen molar-refractivity contribution in [3.63, 3.8) is 0 Å². The summed E-state index contributed by atoms with van der Waals surface area (Å²) in [5, 5.41) is 8.93. The van der Waals surface area contributed by atoms with Gasteiger partial charge in [-0.05, 0) is 49.8 Å². The average molecular weight is 347 g/mol. The van der Waals surface area contributed by atoms with E-state index in [4.69, 9.17) is 5.26 Å². The van der Waals surface area contributed by atoms with E-state index in [1.807, 2.05) is 36.7 Å². The molecule has 3 heterocycles. The van der Waals surface area contributed by atoms with Crippen LogP contribution in [0.15, 0.2) is 36.7 Å². The van der Waals surface area contributed by atoms with Crippen LogP contribution in [0.2, 0.25) is 0 Å². The summed E-state index contributed by atoms with van der Waals surface area (Å²) in [6.45, 7) is 3.44. The van der Waals surface area contributed by atoms with Gasteiger partial charge in [-0.25, -0.2) is 9.97 Å². The molecule has 2 fully saturated rings. The monoisotopic (exact) mass is 347 g/mol. The summed E-state index contributed by atoms with van der Waals surface area (Å²) >= 11 is 0. The third-order valence-electron chi connectivity index (χ3n) is 5.53. The predicted molar refractivity (Wildman–Crippen MR) is 103 cm³/mol. The van der Waals surface area contributed by atoms with Crippen molar-refractivity contribution in [3.8, 4) is 17.2 Å². The molecule has 1 aromatic heterocycles.